The molecule has 0 saturated heterocycles. The fraction of sp³-hybridized carbons (Fsp3) is 0.343. The average Bonchev–Trinajstić information content (AvgIpc) is 3.12. The second-order valence-corrected chi connectivity index (χ2v) is 15.4. The van der Waals surface area contributed by atoms with E-state index in [-0.39, 0.29) is 37.5 Å². The number of hydrogen-bond acceptors (Lipinski definition) is 8. The summed E-state index contributed by atoms with van der Waals surface area (Å²) in [5.41, 5.74) is 0. The molecule has 0 aromatic heterocycles. The first-order valence-electron chi connectivity index (χ1n) is 15.5. The average molecular weight is 682 g/mol. The van der Waals surface area contributed by atoms with Gasteiger partial charge in [0.05, 0.1) is 7.11 Å². The molecule has 0 aliphatic carbocycles. The molecular formula is C35H44N3O7PS. The summed E-state index contributed by atoms with van der Waals surface area (Å²) in [4.78, 5) is 61.6. The minimum atomic E-state index is -2.42. The van der Waals surface area contributed by atoms with Crippen LogP contribution in [0.15, 0.2) is 91.0 Å². The zero-order valence-electron chi connectivity index (χ0n) is 26.8. The van der Waals surface area contributed by atoms with Crippen LogP contribution in [0.5, 0.6) is 0 Å². The third kappa shape index (κ3) is 10.9. The molecule has 0 saturated carbocycles. The van der Waals surface area contributed by atoms with Gasteiger partial charge in [0.2, 0.25) is 5.91 Å². The number of unbranched alkanes of at least 4 members (excludes halogenated alkanes) is 1. The van der Waals surface area contributed by atoms with E-state index in [0.29, 0.717) is 6.42 Å². The topological polar surface area (TPSA) is 140 Å². The van der Waals surface area contributed by atoms with Crippen LogP contribution in [-0.2, 0) is 33.4 Å². The molecule has 0 fully saturated rings. The molecule has 0 aliphatic heterocycles. The van der Waals surface area contributed by atoms with Crippen molar-refractivity contribution in [3.63, 3.8) is 0 Å². The van der Waals surface area contributed by atoms with Crippen LogP contribution >= 0.6 is 19.9 Å². The van der Waals surface area contributed by atoms with Crippen molar-refractivity contribution in [2.75, 3.05) is 32.7 Å². The van der Waals surface area contributed by atoms with Crippen LogP contribution in [0.3, 0.4) is 0 Å². The van der Waals surface area contributed by atoms with Gasteiger partial charge in [-0.1, -0.05) is 0 Å². The first-order chi connectivity index (χ1) is 22.7. The Morgan fingerprint density at radius 3 is 1.64 bits per heavy atom. The van der Waals surface area contributed by atoms with Gasteiger partial charge in [-0.2, -0.15) is 12.6 Å². The summed E-state index contributed by atoms with van der Waals surface area (Å²) < 4.78 is 9.36. The number of hydrogen-bond donors (Lipinski definition) is 4. The van der Waals surface area contributed by atoms with Crippen molar-refractivity contribution in [2.24, 2.45) is 0 Å². The van der Waals surface area contributed by atoms with Crippen molar-refractivity contribution in [1.82, 2.24) is 16.0 Å². The van der Waals surface area contributed by atoms with E-state index in [1.54, 1.807) is 0 Å². The Balaban J connectivity index is 1.61. The van der Waals surface area contributed by atoms with E-state index in [9.17, 15) is 24.0 Å². The molecule has 3 rings (SSSR count). The molecule has 2 atom stereocenters. The van der Waals surface area contributed by atoms with Gasteiger partial charge in [0.15, 0.2) is 0 Å². The number of amides is 3. The normalized spacial score (nSPS) is 12.6. The quantitative estimate of drug-likeness (QED) is 0.0698. The van der Waals surface area contributed by atoms with E-state index in [0.717, 1.165) is 12.6 Å². The van der Waals surface area contributed by atoms with Gasteiger partial charge in [0.25, 0.3) is 0 Å². The van der Waals surface area contributed by atoms with Crippen molar-refractivity contribution in [2.45, 2.75) is 44.2 Å². The number of esters is 2. The Hall–Kier alpha value is -4.21. The molecular weight excluding hydrogens is 637 g/mol. The van der Waals surface area contributed by atoms with Gasteiger partial charge in [-0.05, 0) is 0 Å². The van der Waals surface area contributed by atoms with E-state index >= 15 is 0 Å². The summed E-state index contributed by atoms with van der Waals surface area (Å²) in [6.07, 6.45) is 2.29. The third-order valence-corrected chi connectivity index (χ3v) is 13.4. The second-order valence-electron chi connectivity index (χ2n) is 11.0. The minimum absolute atomic E-state index is 0.0150. The number of carbonyl (C=O) groups is 5. The van der Waals surface area contributed by atoms with Gasteiger partial charge in [-0.3, -0.25) is 9.59 Å². The molecule has 3 aromatic rings. The Morgan fingerprint density at radius 2 is 1.17 bits per heavy atom. The summed E-state index contributed by atoms with van der Waals surface area (Å²) in [5.74, 6) is -2.76. The zero-order valence-corrected chi connectivity index (χ0v) is 28.7. The summed E-state index contributed by atoms with van der Waals surface area (Å²) in [6, 6.07) is 29.6. The molecule has 252 valence electrons. The van der Waals surface area contributed by atoms with Crippen LogP contribution in [0.4, 0.5) is 0 Å². The van der Waals surface area contributed by atoms with Gasteiger partial charge >= 0.3 is 225 Å². The maximum absolute atomic E-state index is 13.0. The predicted molar refractivity (Wildman–Crippen MR) is 189 cm³/mol. The van der Waals surface area contributed by atoms with E-state index < -0.39 is 43.1 Å². The summed E-state index contributed by atoms with van der Waals surface area (Å²) in [7, 11) is -0.0153. The van der Waals surface area contributed by atoms with Gasteiger partial charge in [0.1, 0.15) is 6.54 Å². The van der Waals surface area contributed by atoms with E-state index in [1.807, 2.05) is 18.2 Å². The Labute approximate surface area is 282 Å². The number of thiol groups is 1. The van der Waals surface area contributed by atoms with E-state index in [1.165, 1.54) is 30.1 Å². The third-order valence-electron chi connectivity index (χ3n) is 7.96. The van der Waals surface area contributed by atoms with Crippen LogP contribution in [0.2, 0.25) is 0 Å². The van der Waals surface area contributed by atoms with Crippen LogP contribution in [0.25, 0.3) is 0 Å². The number of carbonyl (C=O) groups excluding carboxylic acids is 5. The van der Waals surface area contributed by atoms with Crippen molar-refractivity contribution in [3.8, 4) is 0 Å². The van der Waals surface area contributed by atoms with E-state index in [2.05, 4.69) is 106 Å². The van der Waals surface area contributed by atoms with Gasteiger partial charge in [-0.25, -0.2) is 0 Å². The first kappa shape index (κ1) is 37.2. The Kier molecular flexibility index (Phi) is 15.4. The molecule has 3 N–H and O–H groups in total. The predicted octanol–water partition coefficient (Wildman–Crippen LogP) is 2.02. The van der Waals surface area contributed by atoms with Crippen LogP contribution in [-0.4, -0.2) is 74.4 Å². The number of benzene rings is 3. The number of methoxy groups -OCH3 is 2. The molecule has 3 amide bonds. The van der Waals surface area contributed by atoms with Crippen LogP contribution in [0, 0.1) is 0 Å². The number of nitrogens with one attached hydrogen (secondary N) is 3. The fourth-order valence-electron chi connectivity index (χ4n) is 5.53. The molecule has 0 bridgehead atoms. The Morgan fingerprint density at radius 1 is 0.681 bits per heavy atom. The molecule has 0 heterocycles. The number of ether oxygens (including phenoxy) is 2. The molecule has 47 heavy (non-hydrogen) atoms. The van der Waals surface area contributed by atoms with Gasteiger partial charge in [0, 0.05) is 5.75 Å². The van der Waals surface area contributed by atoms with Gasteiger partial charge < -0.3 is 10.1 Å². The van der Waals surface area contributed by atoms with Gasteiger partial charge in [-0.15, -0.1) is 0 Å². The van der Waals surface area contributed by atoms with Crippen molar-refractivity contribution >= 4 is 65.5 Å². The molecule has 0 unspecified atom stereocenters. The summed E-state index contributed by atoms with van der Waals surface area (Å²) >= 11 is 4.10. The maximum atomic E-state index is 13.0. The Bertz CT molecular complexity index is 1370. The molecule has 3 aromatic carbocycles. The molecule has 0 aliphatic rings. The van der Waals surface area contributed by atoms with Crippen molar-refractivity contribution in [1.29, 1.82) is 0 Å². The van der Waals surface area contributed by atoms with E-state index in [4.69, 9.17) is 4.74 Å². The number of rotatable bonds is 18. The first-order valence-corrected chi connectivity index (χ1v) is 18.4. The molecule has 0 radical (unpaired) electrons. The summed E-state index contributed by atoms with van der Waals surface area (Å²) in [5, 5.41) is 11.5. The van der Waals surface area contributed by atoms with Crippen LogP contribution in [0.1, 0.15) is 32.1 Å². The standard InChI is InChI=1S/C35H44N3O7PS/c1-44-33(41)24-36-34(42)30(25-47)38-32(40)22-21-29(35(43)45-2)37-31(39)20-12-13-23-46(26-14-6-3-7-15-26,27-16-8-4-9-17-27)28-18-10-5-11-19-28/h3-11,14-19,29-30,46-47H,12-13,20-25H2,1-2H3,(H,36,42)(H,37,39)(H,38,40)/t29-,30-/m1/s1. The van der Waals surface area contributed by atoms with Crippen molar-refractivity contribution < 1.29 is 33.4 Å². The van der Waals surface area contributed by atoms with Crippen molar-refractivity contribution in [3.05, 3.63) is 91.0 Å². The second kappa shape index (κ2) is 19.5. The summed E-state index contributed by atoms with van der Waals surface area (Å²) in [6.45, 7) is -0.347. The zero-order chi connectivity index (χ0) is 34.1. The molecule has 10 nitrogen and oxygen atoms in total. The fourth-order valence-corrected chi connectivity index (χ4v) is 10.7. The molecule has 12 heteroatoms. The van der Waals surface area contributed by atoms with Crippen LogP contribution < -0.4 is 31.9 Å². The SMILES string of the molecule is COC(=O)CNC(=O)[C@@H](CS)NC(=O)CC[C@@H](NC(=O)CCCC[PH](c1ccccc1)(c1ccccc1)c1ccccc1)C(=O)OC. The monoisotopic (exact) mass is 681 g/mol. The molecule has 0 spiro atoms.